The predicted molar refractivity (Wildman–Crippen MR) is 144 cm³/mol. The zero-order valence-electron chi connectivity index (χ0n) is 21.1. The molecule has 0 unspecified atom stereocenters. The third kappa shape index (κ3) is 8.01. The molecule has 0 bridgehead atoms. The summed E-state index contributed by atoms with van der Waals surface area (Å²) in [5, 5.41) is 3.55. The van der Waals surface area contributed by atoms with E-state index in [9.17, 15) is 18.0 Å². The molecule has 0 aliphatic heterocycles. The maximum Gasteiger partial charge on any atom is 0.244 e. The Bertz CT molecular complexity index is 1140. The van der Waals surface area contributed by atoms with E-state index in [-0.39, 0.29) is 18.4 Å². The Morgan fingerprint density at radius 3 is 2.11 bits per heavy atom. The van der Waals surface area contributed by atoms with Crippen LogP contribution in [0.2, 0.25) is 10.0 Å². The van der Waals surface area contributed by atoms with Crippen molar-refractivity contribution in [3.05, 3.63) is 58.1 Å². The van der Waals surface area contributed by atoms with Crippen LogP contribution in [0.4, 0.5) is 5.69 Å². The molecule has 0 saturated heterocycles. The van der Waals surface area contributed by atoms with Crippen molar-refractivity contribution < 1.29 is 22.7 Å². The molecule has 0 aromatic heterocycles. The Kier molecular flexibility index (Phi) is 10.9. The number of hydrogen-bond acceptors (Lipinski definition) is 5. The standard InChI is InChI=1S/C25H33Cl2N3O5S/c1-6-23(25(32)28-14-17(2)3)29(15-20-21(26)8-7-9-22(20)27)24(31)16-30(36(5,33)34)18-10-12-19(35-4)13-11-18/h7-13,17,23H,6,14-16H2,1-5H3,(H,28,32)/t23-/m1/s1. The van der Waals surface area contributed by atoms with Crippen molar-refractivity contribution in [2.24, 2.45) is 5.92 Å². The molecule has 0 aliphatic carbocycles. The number of sulfonamides is 1. The van der Waals surface area contributed by atoms with E-state index in [1.807, 2.05) is 13.8 Å². The number of hydrogen-bond donors (Lipinski definition) is 1. The van der Waals surface area contributed by atoms with Crippen LogP contribution in [0.3, 0.4) is 0 Å². The highest BCUT2D eigenvalue weighted by molar-refractivity contribution is 7.92. The summed E-state index contributed by atoms with van der Waals surface area (Å²) in [7, 11) is -2.34. The van der Waals surface area contributed by atoms with Gasteiger partial charge in [-0.3, -0.25) is 13.9 Å². The molecule has 0 aliphatic rings. The highest BCUT2D eigenvalue weighted by Crippen LogP contribution is 2.28. The number of benzene rings is 2. The van der Waals surface area contributed by atoms with Gasteiger partial charge in [-0.2, -0.15) is 0 Å². The average Bonchev–Trinajstić information content (AvgIpc) is 2.82. The smallest absolute Gasteiger partial charge is 0.244 e. The lowest BCUT2D eigenvalue weighted by atomic mass is 10.1. The molecule has 1 N–H and O–H groups in total. The predicted octanol–water partition coefficient (Wildman–Crippen LogP) is 4.35. The number of methoxy groups -OCH3 is 1. The van der Waals surface area contributed by atoms with Gasteiger partial charge in [0.15, 0.2) is 0 Å². The monoisotopic (exact) mass is 557 g/mol. The summed E-state index contributed by atoms with van der Waals surface area (Å²) in [4.78, 5) is 28.1. The number of nitrogens with zero attached hydrogens (tertiary/aromatic N) is 2. The van der Waals surface area contributed by atoms with Crippen LogP contribution in [-0.2, 0) is 26.2 Å². The molecule has 8 nitrogen and oxygen atoms in total. The van der Waals surface area contributed by atoms with Crippen molar-refractivity contribution in [3.8, 4) is 5.75 Å². The van der Waals surface area contributed by atoms with Crippen LogP contribution in [0.25, 0.3) is 0 Å². The molecular formula is C25H33Cl2N3O5S. The van der Waals surface area contributed by atoms with Gasteiger partial charge in [-0.05, 0) is 48.7 Å². The molecule has 198 valence electrons. The minimum absolute atomic E-state index is 0.0643. The van der Waals surface area contributed by atoms with Crippen LogP contribution in [0.5, 0.6) is 5.75 Å². The number of anilines is 1. The summed E-state index contributed by atoms with van der Waals surface area (Å²) in [5.74, 6) is -0.150. The minimum Gasteiger partial charge on any atom is -0.497 e. The second-order valence-corrected chi connectivity index (χ2v) is 11.5. The molecule has 0 fully saturated rings. The Morgan fingerprint density at radius 1 is 1.06 bits per heavy atom. The van der Waals surface area contributed by atoms with E-state index in [0.29, 0.717) is 40.0 Å². The van der Waals surface area contributed by atoms with E-state index in [1.54, 1.807) is 49.4 Å². The molecule has 0 radical (unpaired) electrons. The first-order valence-corrected chi connectivity index (χ1v) is 14.1. The van der Waals surface area contributed by atoms with Crippen LogP contribution >= 0.6 is 23.2 Å². The molecule has 0 saturated carbocycles. The van der Waals surface area contributed by atoms with Crippen molar-refractivity contribution in [1.82, 2.24) is 10.2 Å². The van der Waals surface area contributed by atoms with Gasteiger partial charge in [-0.15, -0.1) is 0 Å². The van der Waals surface area contributed by atoms with E-state index in [0.717, 1.165) is 10.6 Å². The third-order valence-corrected chi connectivity index (χ3v) is 7.35. The van der Waals surface area contributed by atoms with Gasteiger partial charge in [0.2, 0.25) is 21.8 Å². The zero-order valence-corrected chi connectivity index (χ0v) is 23.5. The molecule has 2 amide bonds. The first-order chi connectivity index (χ1) is 16.9. The highest BCUT2D eigenvalue weighted by atomic mass is 35.5. The van der Waals surface area contributed by atoms with Gasteiger partial charge in [-0.1, -0.05) is 50.0 Å². The molecule has 11 heteroatoms. The van der Waals surface area contributed by atoms with Crippen LogP contribution in [-0.4, -0.2) is 57.6 Å². The fourth-order valence-corrected chi connectivity index (χ4v) is 4.92. The molecule has 0 spiro atoms. The quantitative estimate of drug-likeness (QED) is 0.418. The van der Waals surface area contributed by atoms with E-state index in [4.69, 9.17) is 27.9 Å². The van der Waals surface area contributed by atoms with Crippen molar-refractivity contribution in [3.63, 3.8) is 0 Å². The van der Waals surface area contributed by atoms with Crippen LogP contribution in [0.15, 0.2) is 42.5 Å². The van der Waals surface area contributed by atoms with E-state index in [2.05, 4.69) is 5.32 Å². The topological polar surface area (TPSA) is 96.0 Å². The Hall–Kier alpha value is -2.49. The molecule has 0 heterocycles. The Balaban J connectivity index is 2.47. The van der Waals surface area contributed by atoms with Gasteiger partial charge in [0.25, 0.3) is 0 Å². The summed E-state index contributed by atoms with van der Waals surface area (Å²) < 4.78 is 31.5. The van der Waals surface area contributed by atoms with Gasteiger partial charge in [-0.25, -0.2) is 8.42 Å². The van der Waals surface area contributed by atoms with Gasteiger partial charge >= 0.3 is 0 Å². The number of halogens is 2. The first-order valence-electron chi connectivity index (χ1n) is 11.5. The van der Waals surface area contributed by atoms with E-state index in [1.165, 1.54) is 12.0 Å². The highest BCUT2D eigenvalue weighted by Gasteiger charge is 2.32. The molecule has 2 rings (SSSR count). The van der Waals surface area contributed by atoms with E-state index >= 15 is 0 Å². The van der Waals surface area contributed by atoms with Gasteiger partial charge in [0.1, 0.15) is 18.3 Å². The zero-order chi connectivity index (χ0) is 27.0. The lowest BCUT2D eigenvalue weighted by Crippen LogP contribution is -2.52. The largest absolute Gasteiger partial charge is 0.497 e. The fraction of sp³-hybridized carbons (Fsp3) is 0.440. The number of amides is 2. The lowest BCUT2D eigenvalue weighted by molar-refractivity contribution is -0.140. The van der Waals surface area contributed by atoms with Crippen molar-refractivity contribution in [1.29, 1.82) is 0 Å². The SMILES string of the molecule is CC[C@H](C(=O)NCC(C)C)N(Cc1c(Cl)cccc1Cl)C(=O)CN(c1ccc(OC)cc1)S(C)(=O)=O. The molecule has 2 aromatic carbocycles. The Labute approximate surface area is 223 Å². The average molecular weight is 559 g/mol. The summed E-state index contributed by atoms with van der Waals surface area (Å²) in [6.07, 6.45) is 1.32. The summed E-state index contributed by atoms with van der Waals surface area (Å²) >= 11 is 12.7. The van der Waals surface area contributed by atoms with Crippen LogP contribution < -0.4 is 14.4 Å². The maximum atomic E-state index is 13.7. The summed E-state index contributed by atoms with van der Waals surface area (Å²) in [5.41, 5.74) is 0.763. The molecule has 2 aromatic rings. The molecule has 36 heavy (non-hydrogen) atoms. The number of carbonyl (C=O) groups excluding carboxylic acids is 2. The normalized spacial score (nSPS) is 12.2. The number of carbonyl (C=O) groups is 2. The second kappa shape index (κ2) is 13.2. The van der Waals surface area contributed by atoms with Gasteiger partial charge < -0.3 is 15.0 Å². The molecular weight excluding hydrogens is 525 g/mol. The molecule has 1 atom stereocenters. The minimum atomic E-state index is -3.84. The van der Waals surface area contributed by atoms with Crippen LogP contribution in [0.1, 0.15) is 32.8 Å². The first kappa shape index (κ1) is 29.7. The lowest BCUT2D eigenvalue weighted by Gasteiger charge is -2.33. The van der Waals surface area contributed by atoms with E-state index < -0.39 is 28.5 Å². The second-order valence-electron chi connectivity index (χ2n) is 8.75. The van der Waals surface area contributed by atoms with Crippen molar-refractivity contribution in [2.75, 3.05) is 30.8 Å². The van der Waals surface area contributed by atoms with Crippen LogP contribution in [0, 0.1) is 5.92 Å². The summed E-state index contributed by atoms with van der Waals surface area (Å²) in [6, 6.07) is 10.4. The Morgan fingerprint density at radius 2 is 1.64 bits per heavy atom. The fourth-order valence-electron chi connectivity index (χ4n) is 3.56. The summed E-state index contributed by atoms with van der Waals surface area (Å²) in [6.45, 7) is 5.57. The number of ether oxygens (including phenoxy) is 1. The van der Waals surface area contributed by atoms with Crippen molar-refractivity contribution in [2.45, 2.75) is 39.8 Å². The third-order valence-electron chi connectivity index (χ3n) is 5.50. The van der Waals surface area contributed by atoms with Crippen molar-refractivity contribution >= 4 is 50.7 Å². The van der Waals surface area contributed by atoms with Gasteiger partial charge in [0.05, 0.1) is 19.1 Å². The maximum absolute atomic E-state index is 13.7. The van der Waals surface area contributed by atoms with Gasteiger partial charge in [0, 0.05) is 28.7 Å². The number of rotatable bonds is 12. The number of nitrogens with one attached hydrogen (secondary N) is 1.